The first-order valence-electron chi connectivity index (χ1n) is 6.75. The molecule has 5 heteroatoms. The van der Waals surface area contributed by atoms with Crippen LogP contribution in [0.2, 0.25) is 5.02 Å². The highest BCUT2D eigenvalue weighted by Crippen LogP contribution is 2.25. The van der Waals surface area contributed by atoms with Crippen LogP contribution in [0, 0.1) is 12.7 Å². The van der Waals surface area contributed by atoms with Gasteiger partial charge in [0.1, 0.15) is 11.4 Å². The van der Waals surface area contributed by atoms with Crippen molar-refractivity contribution in [1.29, 1.82) is 0 Å². The summed E-state index contributed by atoms with van der Waals surface area (Å²) in [6, 6.07) is 9.56. The van der Waals surface area contributed by atoms with Gasteiger partial charge in [0.15, 0.2) is 0 Å². The lowest BCUT2D eigenvalue weighted by Gasteiger charge is -2.09. The van der Waals surface area contributed by atoms with Gasteiger partial charge in [-0.05, 0) is 42.8 Å². The van der Waals surface area contributed by atoms with E-state index in [0.29, 0.717) is 27.2 Å². The van der Waals surface area contributed by atoms with Gasteiger partial charge in [-0.15, -0.1) is 0 Å². The summed E-state index contributed by atoms with van der Waals surface area (Å²) in [6.07, 6.45) is 1.58. The van der Waals surface area contributed by atoms with E-state index in [0.717, 1.165) is 5.56 Å². The third-order valence-electron chi connectivity index (χ3n) is 3.51. The Morgan fingerprint density at radius 1 is 1.32 bits per heavy atom. The predicted molar refractivity (Wildman–Crippen MR) is 84.7 cm³/mol. The van der Waals surface area contributed by atoms with Crippen LogP contribution in [-0.2, 0) is 11.2 Å². The minimum Gasteiger partial charge on any atom is -0.464 e. The van der Waals surface area contributed by atoms with Gasteiger partial charge in [0, 0.05) is 21.7 Å². The van der Waals surface area contributed by atoms with E-state index < -0.39 is 0 Å². The number of hydrogen-bond acceptors (Lipinski definition) is 2. The highest BCUT2D eigenvalue weighted by molar-refractivity contribution is 6.31. The van der Waals surface area contributed by atoms with Gasteiger partial charge in [-0.25, -0.2) is 4.39 Å². The second kappa shape index (κ2) is 5.81. The zero-order chi connectivity index (χ0) is 15.7. The minimum absolute atomic E-state index is 0.0996. The fourth-order valence-electron chi connectivity index (χ4n) is 2.30. The quantitative estimate of drug-likeness (QED) is 0.759. The molecule has 1 N–H and O–H groups in total. The zero-order valence-electron chi connectivity index (χ0n) is 11.8. The molecule has 0 fully saturated rings. The first-order valence-corrected chi connectivity index (χ1v) is 7.13. The third-order valence-corrected chi connectivity index (χ3v) is 3.92. The molecule has 0 saturated heterocycles. The van der Waals surface area contributed by atoms with Gasteiger partial charge in [-0.3, -0.25) is 4.79 Å². The molecule has 22 heavy (non-hydrogen) atoms. The molecule has 3 rings (SSSR count). The Morgan fingerprint density at radius 3 is 2.95 bits per heavy atom. The van der Waals surface area contributed by atoms with E-state index in [-0.39, 0.29) is 18.1 Å². The fourth-order valence-corrected chi connectivity index (χ4v) is 2.48. The minimum atomic E-state index is -0.360. The van der Waals surface area contributed by atoms with E-state index in [9.17, 15) is 9.18 Å². The summed E-state index contributed by atoms with van der Waals surface area (Å²) in [6.45, 7) is 1.83. The largest absolute Gasteiger partial charge is 0.464 e. The molecule has 0 saturated carbocycles. The molecule has 1 amide bonds. The number of anilines is 1. The molecule has 2 aromatic carbocycles. The smallest absolute Gasteiger partial charge is 0.228 e. The number of rotatable bonds is 3. The van der Waals surface area contributed by atoms with Crippen molar-refractivity contribution in [2.24, 2.45) is 0 Å². The van der Waals surface area contributed by atoms with Crippen LogP contribution in [0.3, 0.4) is 0 Å². The van der Waals surface area contributed by atoms with Crippen LogP contribution in [-0.4, -0.2) is 5.91 Å². The topological polar surface area (TPSA) is 42.2 Å². The Kier molecular flexibility index (Phi) is 3.86. The zero-order valence-corrected chi connectivity index (χ0v) is 12.6. The van der Waals surface area contributed by atoms with Crippen molar-refractivity contribution in [2.45, 2.75) is 13.3 Å². The highest BCUT2D eigenvalue weighted by Gasteiger charge is 2.12. The molecule has 1 heterocycles. The summed E-state index contributed by atoms with van der Waals surface area (Å²) >= 11 is 6.03. The average Bonchev–Trinajstić information content (AvgIpc) is 2.86. The van der Waals surface area contributed by atoms with Crippen molar-refractivity contribution < 1.29 is 13.6 Å². The molecular weight excluding hydrogens is 305 g/mol. The molecule has 0 radical (unpaired) electrons. The first-order chi connectivity index (χ1) is 10.5. The van der Waals surface area contributed by atoms with Gasteiger partial charge in [0.2, 0.25) is 5.91 Å². The van der Waals surface area contributed by atoms with Crippen molar-refractivity contribution in [2.75, 3.05) is 5.32 Å². The average molecular weight is 318 g/mol. The number of fused-ring (bicyclic) bond motifs is 1. The summed E-state index contributed by atoms with van der Waals surface area (Å²) in [5.41, 5.74) is 2.67. The molecule has 0 spiro atoms. The summed E-state index contributed by atoms with van der Waals surface area (Å²) < 4.78 is 18.6. The maximum absolute atomic E-state index is 13.3. The summed E-state index contributed by atoms with van der Waals surface area (Å²) in [5.74, 6) is -0.571. The third kappa shape index (κ3) is 2.83. The number of nitrogens with one attached hydrogen (secondary N) is 1. The van der Waals surface area contributed by atoms with E-state index in [1.165, 1.54) is 18.4 Å². The molecule has 0 atom stereocenters. The Balaban J connectivity index is 1.81. The van der Waals surface area contributed by atoms with E-state index >= 15 is 0 Å². The molecule has 0 bridgehead atoms. The van der Waals surface area contributed by atoms with Crippen LogP contribution in [0.1, 0.15) is 11.1 Å². The fraction of sp³-hybridized carbons (Fsp3) is 0.118. The Labute approximate surface area is 131 Å². The second-order valence-electron chi connectivity index (χ2n) is 5.04. The number of furan rings is 1. The molecule has 0 aliphatic rings. The van der Waals surface area contributed by atoms with Crippen LogP contribution in [0.5, 0.6) is 0 Å². The van der Waals surface area contributed by atoms with E-state index in [1.807, 2.05) is 6.92 Å². The molecule has 0 aliphatic heterocycles. The van der Waals surface area contributed by atoms with Gasteiger partial charge in [0.05, 0.1) is 12.7 Å². The molecule has 1 aromatic heterocycles. The van der Waals surface area contributed by atoms with Crippen LogP contribution >= 0.6 is 11.6 Å². The standard InChI is InChI=1S/C17H13ClFNO2/c1-10-14(18)3-2-4-15(10)20-17(21)7-11-9-22-16-6-5-12(19)8-13(11)16/h2-6,8-9H,7H2,1H3,(H,20,21). The van der Waals surface area contributed by atoms with Crippen LogP contribution < -0.4 is 5.32 Å². The number of carbonyl (C=O) groups is 1. The van der Waals surface area contributed by atoms with Gasteiger partial charge in [0.25, 0.3) is 0 Å². The van der Waals surface area contributed by atoms with Crippen molar-refractivity contribution in [3.05, 3.63) is 64.6 Å². The van der Waals surface area contributed by atoms with Crippen molar-refractivity contribution in [1.82, 2.24) is 0 Å². The second-order valence-corrected chi connectivity index (χ2v) is 5.45. The van der Waals surface area contributed by atoms with E-state index in [4.69, 9.17) is 16.0 Å². The lowest BCUT2D eigenvalue weighted by molar-refractivity contribution is -0.115. The predicted octanol–water partition coefficient (Wildman–Crippen LogP) is 4.71. The molecule has 0 unspecified atom stereocenters. The number of hydrogen-bond donors (Lipinski definition) is 1. The maximum atomic E-state index is 13.3. The first kappa shape index (κ1) is 14.6. The lowest BCUT2D eigenvalue weighted by Crippen LogP contribution is -2.15. The summed E-state index contributed by atoms with van der Waals surface area (Å²) in [7, 11) is 0. The molecular formula is C17H13ClFNO2. The highest BCUT2D eigenvalue weighted by atomic mass is 35.5. The Hall–Kier alpha value is -2.33. The normalized spacial score (nSPS) is 10.9. The van der Waals surface area contributed by atoms with Crippen molar-refractivity contribution in [3.8, 4) is 0 Å². The van der Waals surface area contributed by atoms with E-state index in [1.54, 1.807) is 24.3 Å². The number of benzene rings is 2. The molecule has 0 aliphatic carbocycles. The van der Waals surface area contributed by atoms with Crippen LogP contribution in [0.25, 0.3) is 11.0 Å². The number of halogens is 2. The number of amides is 1. The van der Waals surface area contributed by atoms with Crippen molar-refractivity contribution >= 4 is 34.2 Å². The lowest BCUT2D eigenvalue weighted by atomic mass is 10.1. The molecule has 3 nitrogen and oxygen atoms in total. The van der Waals surface area contributed by atoms with Gasteiger partial charge in [-0.2, -0.15) is 0 Å². The van der Waals surface area contributed by atoms with Gasteiger partial charge in [-0.1, -0.05) is 17.7 Å². The number of carbonyl (C=O) groups excluding carboxylic acids is 1. The van der Waals surface area contributed by atoms with Gasteiger partial charge < -0.3 is 9.73 Å². The summed E-state index contributed by atoms with van der Waals surface area (Å²) in [5, 5.41) is 4.01. The molecule has 112 valence electrons. The maximum Gasteiger partial charge on any atom is 0.228 e. The van der Waals surface area contributed by atoms with Crippen molar-refractivity contribution in [3.63, 3.8) is 0 Å². The van der Waals surface area contributed by atoms with E-state index in [2.05, 4.69) is 5.32 Å². The van der Waals surface area contributed by atoms with Gasteiger partial charge >= 0.3 is 0 Å². The monoisotopic (exact) mass is 317 g/mol. The van der Waals surface area contributed by atoms with Crippen LogP contribution in [0.15, 0.2) is 47.1 Å². The SMILES string of the molecule is Cc1c(Cl)cccc1NC(=O)Cc1coc2ccc(F)cc12. The molecule has 3 aromatic rings. The van der Waals surface area contributed by atoms with Crippen LogP contribution in [0.4, 0.5) is 10.1 Å². The Bertz CT molecular complexity index is 857. The Morgan fingerprint density at radius 2 is 2.14 bits per heavy atom. The summed E-state index contributed by atoms with van der Waals surface area (Å²) in [4.78, 5) is 12.2.